The minimum Gasteiger partial charge on any atom is -0.377 e. The minimum absolute atomic E-state index is 0.251. The first-order valence-electron chi connectivity index (χ1n) is 7.30. The Bertz CT molecular complexity index is 411. The Morgan fingerprint density at radius 2 is 2.16 bits per heavy atom. The van der Waals surface area contributed by atoms with E-state index in [4.69, 9.17) is 4.74 Å². The molecule has 0 bridgehead atoms. The summed E-state index contributed by atoms with van der Waals surface area (Å²) in [5.41, 5.74) is 0.251. The van der Waals surface area contributed by atoms with Crippen molar-refractivity contribution in [2.24, 2.45) is 11.3 Å². The zero-order valence-electron chi connectivity index (χ0n) is 12.8. The molecule has 108 valence electrons. The Morgan fingerprint density at radius 3 is 2.68 bits per heavy atom. The molecule has 0 spiro atoms. The molecular weight excluding hydrogens is 254 g/mol. The van der Waals surface area contributed by atoms with Gasteiger partial charge in [-0.15, -0.1) is 11.3 Å². The molecular formula is C16H27NOS. The van der Waals surface area contributed by atoms with E-state index in [0.29, 0.717) is 18.1 Å². The van der Waals surface area contributed by atoms with Crippen molar-refractivity contribution in [2.45, 2.75) is 59.7 Å². The molecule has 0 saturated heterocycles. The van der Waals surface area contributed by atoms with Crippen molar-refractivity contribution >= 4 is 11.3 Å². The smallest absolute Gasteiger partial charge is 0.0656 e. The predicted molar refractivity (Wildman–Crippen MR) is 82.7 cm³/mol. The summed E-state index contributed by atoms with van der Waals surface area (Å²) in [4.78, 5) is 2.82. The lowest BCUT2D eigenvalue weighted by Gasteiger charge is -2.52. The molecule has 2 rings (SSSR count). The standard InChI is InChI=1S/C16H27NOS/c1-11(2)10-18-15-8-14(16(15,4)5)17-9-13-7-6-12(3)19-13/h6-7,11,14-15,17H,8-10H2,1-5H3. The van der Waals surface area contributed by atoms with Crippen LogP contribution in [0.3, 0.4) is 0 Å². The lowest BCUT2D eigenvalue weighted by molar-refractivity contribution is -0.124. The van der Waals surface area contributed by atoms with E-state index in [-0.39, 0.29) is 5.41 Å². The normalized spacial score (nSPS) is 25.6. The first-order chi connectivity index (χ1) is 8.89. The molecule has 2 nitrogen and oxygen atoms in total. The van der Waals surface area contributed by atoms with Gasteiger partial charge in [-0.1, -0.05) is 27.7 Å². The van der Waals surface area contributed by atoms with Gasteiger partial charge in [0, 0.05) is 34.4 Å². The Hall–Kier alpha value is -0.380. The van der Waals surface area contributed by atoms with Gasteiger partial charge in [0.25, 0.3) is 0 Å². The summed E-state index contributed by atoms with van der Waals surface area (Å²) < 4.78 is 6.00. The number of hydrogen-bond donors (Lipinski definition) is 1. The van der Waals surface area contributed by atoms with Crippen molar-refractivity contribution in [1.82, 2.24) is 5.32 Å². The van der Waals surface area contributed by atoms with Crippen LogP contribution >= 0.6 is 11.3 Å². The molecule has 1 aliphatic carbocycles. The van der Waals surface area contributed by atoms with Gasteiger partial charge in [0.1, 0.15) is 0 Å². The average Bonchev–Trinajstić information content (AvgIpc) is 2.72. The van der Waals surface area contributed by atoms with Gasteiger partial charge < -0.3 is 10.1 Å². The second-order valence-corrected chi connectivity index (χ2v) is 8.09. The SMILES string of the molecule is Cc1ccc(CNC2CC(OCC(C)C)C2(C)C)s1. The lowest BCUT2D eigenvalue weighted by atomic mass is 9.64. The maximum absolute atomic E-state index is 6.00. The van der Waals surface area contributed by atoms with E-state index in [1.807, 2.05) is 11.3 Å². The molecule has 3 heteroatoms. The van der Waals surface area contributed by atoms with Gasteiger partial charge in [0.15, 0.2) is 0 Å². The first-order valence-corrected chi connectivity index (χ1v) is 8.11. The van der Waals surface area contributed by atoms with Crippen LogP contribution in [0.5, 0.6) is 0 Å². The highest BCUT2D eigenvalue weighted by Gasteiger charge is 2.48. The van der Waals surface area contributed by atoms with Gasteiger partial charge in [-0.25, -0.2) is 0 Å². The van der Waals surface area contributed by atoms with Crippen LogP contribution in [-0.4, -0.2) is 18.8 Å². The van der Waals surface area contributed by atoms with Crippen molar-refractivity contribution in [1.29, 1.82) is 0 Å². The maximum atomic E-state index is 6.00. The second kappa shape index (κ2) is 5.94. The molecule has 1 aliphatic rings. The van der Waals surface area contributed by atoms with E-state index >= 15 is 0 Å². The molecule has 2 unspecified atom stereocenters. The summed E-state index contributed by atoms with van der Waals surface area (Å²) in [6, 6.07) is 5.00. The number of rotatable bonds is 6. The highest BCUT2D eigenvalue weighted by Crippen LogP contribution is 2.43. The van der Waals surface area contributed by atoms with Crippen LogP contribution in [0.25, 0.3) is 0 Å². The van der Waals surface area contributed by atoms with Crippen LogP contribution in [0.4, 0.5) is 0 Å². The van der Waals surface area contributed by atoms with Crippen molar-refractivity contribution in [2.75, 3.05) is 6.61 Å². The average molecular weight is 281 g/mol. The van der Waals surface area contributed by atoms with E-state index < -0.39 is 0 Å². The monoisotopic (exact) mass is 281 g/mol. The Balaban J connectivity index is 1.77. The Labute approximate surface area is 121 Å². The van der Waals surface area contributed by atoms with E-state index in [0.717, 1.165) is 19.6 Å². The number of hydrogen-bond acceptors (Lipinski definition) is 3. The Morgan fingerprint density at radius 1 is 1.42 bits per heavy atom. The first kappa shape index (κ1) is 15.0. The minimum atomic E-state index is 0.251. The number of aryl methyl sites for hydroxylation is 1. The van der Waals surface area contributed by atoms with E-state index in [2.05, 4.69) is 52.1 Å². The fourth-order valence-corrected chi connectivity index (χ4v) is 3.47. The van der Waals surface area contributed by atoms with Crippen molar-refractivity contribution in [3.63, 3.8) is 0 Å². The molecule has 1 heterocycles. The second-order valence-electron chi connectivity index (χ2n) is 6.72. The van der Waals surface area contributed by atoms with E-state index in [1.165, 1.54) is 9.75 Å². The third-order valence-electron chi connectivity index (χ3n) is 4.13. The molecule has 0 radical (unpaired) electrons. The summed E-state index contributed by atoms with van der Waals surface area (Å²) in [6.07, 6.45) is 1.56. The molecule has 1 aromatic heterocycles. The van der Waals surface area contributed by atoms with Gasteiger partial charge in [0.2, 0.25) is 0 Å². The van der Waals surface area contributed by atoms with Crippen LogP contribution in [0.1, 0.15) is 43.9 Å². The summed E-state index contributed by atoms with van der Waals surface area (Å²) in [5, 5.41) is 3.69. The number of ether oxygens (including phenoxy) is 1. The highest BCUT2D eigenvalue weighted by molar-refractivity contribution is 7.11. The van der Waals surface area contributed by atoms with E-state index in [9.17, 15) is 0 Å². The highest BCUT2D eigenvalue weighted by atomic mass is 32.1. The zero-order chi connectivity index (χ0) is 14.0. The summed E-state index contributed by atoms with van der Waals surface area (Å²) in [7, 11) is 0. The van der Waals surface area contributed by atoms with Gasteiger partial charge in [-0.3, -0.25) is 0 Å². The quantitative estimate of drug-likeness (QED) is 0.851. The molecule has 1 N–H and O–H groups in total. The number of nitrogens with one attached hydrogen (secondary N) is 1. The summed E-state index contributed by atoms with van der Waals surface area (Å²) in [5.74, 6) is 0.622. The van der Waals surface area contributed by atoms with Crippen LogP contribution < -0.4 is 5.32 Å². The molecule has 0 aliphatic heterocycles. The molecule has 0 amide bonds. The predicted octanol–water partition coefficient (Wildman–Crippen LogP) is 3.99. The van der Waals surface area contributed by atoms with E-state index in [1.54, 1.807) is 0 Å². The summed E-state index contributed by atoms with van der Waals surface area (Å²) in [6.45, 7) is 13.1. The molecule has 1 fully saturated rings. The van der Waals surface area contributed by atoms with Crippen molar-refractivity contribution < 1.29 is 4.74 Å². The molecule has 1 saturated carbocycles. The van der Waals surface area contributed by atoms with Gasteiger partial charge in [0.05, 0.1) is 6.10 Å². The van der Waals surface area contributed by atoms with Crippen molar-refractivity contribution in [3.8, 4) is 0 Å². The molecule has 2 atom stereocenters. The van der Waals surface area contributed by atoms with Gasteiger partial charge in [-0.2, -0.15) is 0 Å². The van der Waals surface area contributed by atoms with Crippen LogP contribution in [0.2, 0.25) is 0 Å². The molecule has 1 aromatic rings. The zero-order valence-corrected chi connectivity index (χ0v) is 13.6. The fourth-order valence-electron chi connectivity index (χ4n) is 2.63. The third-order valence-corrected chi connectivity index (χ3v) is 5.13. The third kappa shape index (κ3) is 3.59. The van der Waals surface area contributed by atoms with Crippen LogP contribution in [-0.2, 0) is 11.3 Å². The van der Waals surface area contributed by atoms with Gasteiger partial charge >= 0.3 is 0 Å². The largest absolute Gasteiger partial charge is 0.377 e. The topological polar surface area (TPSA) is 21.3 Å². The molecule has 19 heavy (non-hydrogen) atoms. The summed E-state index contributed by atoms with van der Waals surface area (Å²) >= 11 is 1.89. The van der Waals surface area contributed by atoms with Crippen molar-refractivity contribution in [3.05, 3.63) is 21.9 Å². The number of thiophene rings is 1. The molecule has 0 aromatic carbocycles. The van der Waals surface area contributed by atoms with Gasteiger partial charge in [-0.05, 0) is 31.4 Å². The fraction of sp³-hybridized carbons (Fsp3) is 0.750. The van der Waals surface area contributed by atoms with Crippen LogP contribution in [0.15, 0.2) is 12.1 Å². The maximum Gasteiger partial charge on any atom is 0.0656 e. The lowest BCUT2D eigenvalue weighted by Crippen LogP contribution is -2.60. The van der Waals surface area contributed by atoms with Crippen LogP contribution in [0, 0.1) is 18.3 Å². The Kier molecular flexibility index (Phi) is 4.70.